The molecule has 49 heavy (non-hydrogen) atoms. The van der Waals surface area contributed by atoms with E-state index in [0.29, 0.717) is 22.5 Å². The van der Waals surface area contributed by atoms with Crippen LogP contribution in [0.5, 0.6) is 11.5 Å². The predicted molar refractivity (Wildman–Crippen MR) is 173 cm³/mol. The smallest absolute Gasteiger partial charge is 0.269 e. The van der Waals surface area contributed by atoms with Crippen LogP contribution >= 0.6 is 23.2 Å². The van der Waals surface area contributed by atoms with Crippen LogP contribution in [0, 0.1) is 39.6 Å². The fourth-order valence-electron chi connectivity index (χ4n) is 8.19. The van der Waals surface area contributed by atoms with Gasteiger partial charge in [0, 0.05) is 30.0 Å². The van der Waals surface area contributed by atoms with Gasteiger partial charge in [0.15, 0.2) is 9.75 Å². The van der Waals surface area contributed by atoms with Gasteiger partial charge in [0.2, 0.25) is 11.8 Å². The maximum atomic E-state index is 14.5. The van der Waals surface area contributed by atoms with Crippen molar-refractivity contribution in [3.63, 3.8) is 0 Å². The van der Waals surface area contributed by atoms with E-state index >= 15 is 0 Å². The maximum absolute atomic E-state index is 14.5. The predicted octanol–water partition coefficient (Wildman–Crippen LogP) is 5.56. The number of halogens is 3. The highest BCUT2D eigenvalue weighted by molar-refractivity contribution is 6.58. The Morgan fingerprint density at radius 1 is 0.898 bits per heavy atom. The molecule has 0 unspecified atom stereocenters. The van der Waals surface area contributed by atoms with Gasteiger partial charge in [-0.1, -0.05) is 11.6 Å². The van der Waals surface area contributed by atoms with E-state index in [2.05, 4.69) is 0 Å². The molecule has 3 aromatic rings. The Morgan fingerprint density at radius 2 is 1.57 bits per heavy atom. The molecule has 1 saturated carbocycles. The summed E-state index contributed by atoms with van der Waals surface area (Å²) in [6.45, 7) is 0. The lowest BCUT2D eigenvalue weighted by Gasteiger charge is -2.51. The normalized spacial score (nSPS) is 30.2. The molecule has 8 rings (SSSR count). The average Bonchev–Trinajstić information content (AvgIpc) is 3.42. The van der Waals surface area contributed by atoms with Crippen molar-refractivity contribution in [2.45, 2.75) is 29.0 Å². The number of non-ortho nitro benzene ring substituents is 1. The second-order valence-corrected chi connectivity index (χ2v) is 14.1. The van der Waals surface area contributed by atoms with Crippen molar-refractivity contribution in [3.8, 4) is 11.5 Å². The van der Waals surface area contributed by atoms with Crippen molar-refractivity contribution in [2.24, 2.45) is 23.7 Å². The second-order valence-electron chi connectivity index (χ2n) is 12.8. The number of anilines is 2. The van der Waals surface area contributed by atoms with Gasteiger partial charge in [0.05, 0.1) is 34.4 Å². The SMILES string of the molecule is O=C1[C@H]2[C@H](CC=C3[C@H](C4=COc5ccc(O)cc5C4)[C@]4(Cl)C(=O)N(c5ccc(F)cc5)C(=O)[C@]4(Cl)C[C@H]32)C(=O)N1c1ccc([N+](=O)[O-])cc1. The summed E-state index contributed by atoms with van der Waals surface area (Å²) in [5.41, 5.74) is 1.58. The summed E-state index contributed by atoms with van der Waals surface area (Å²) in [5, 5.41) is 21.4. The number of benzene rings is 3. The number of ether oxygens (including phenoxy) is 1. The molecule has 5 aliphatic rings. The van der Waals surface area contributed by atoms with E-state index in [1.54, 1.807) is 12.1 Å². The van der Waals surface area contributed by atoms with Crippen molar-refractivity contribution < 1.29 is 38.3 Å². The average molecular weight is 704 g/mol. The van der Waals surface area contributed by atoms with Crippen molar-refractivity contribution >= 4 is 63.9 Å². The zero-order valence-corrected chi connectivity index (χ0v) is 26.7. The van der Waals surface area contributed by atoms with Crippen LogP contribution in [0.4, 0.5) is 21.5 Å². The molecular weight excluding hydrogens is 680 g/mol. The second kappa shape index (κ2) is 10.7. The summed E-state index contributed by atoms with van der Waals surface area (Å²) in [6, 6.07) is 14.3. The third-order valence-corrected chi connectivity index (χ3v) is 11.8. The standard InChI is InChI=1S/C35H24Cl2FN3O8/c36-34-15-26-24(10-11-25-28(26)31(44)39(30(25)43)20-5-7-22(8-6-20)41(47)48)29(18-13-17-14-23(42)9-12-27(17)49-16-18)35(34,37)33(46)40(32(34)45)21-3-1-19(38)2-4-21/h1-10,12,14,16,25-26,28-29,42H,11,13,15H2/t25-,26+,28-,29-,34+,35-/m0/s1. The van der Waals surface area contributed by atoms with Gasteiger partial charge in [-0.05, 0) is 78.9 Å². The fraction of sp³-hybridized carbons (Fsp3) is 0.257. The van der Waals surface area contributed by atoms with Gasteiger partial charge in [-0.25, -0.2) is 9.29 Å². The quantitative estimate of drug-likeness (QED) is 0.122. The summed E-state index contributed by atoms with van der Waals surface area (Å²) in [4.78, 5) is 65.2. The van der Waals surface area contributed by atoms with Crippen LogP contribution in [-0.2, 0) is 25.6 Å². The first-order valence-electron chi connectivity index (χ1n) is 15.4. The Balaban J connectivity index is 1.26. The fourth-order valence-corrected chi connectivity index (χ4v) is 9.14. The number of hydrogen-bond acceptors (Lipinski definition) is 8. The number of nitrogens with zero attached hydrogens (tertiary/aromatic N) is 3. The van der Waals surface area contributed by atoms with Gasteiger partial charge in [-0.3, -0.25) is 34.2 Å². The number of amides is 4. The van der Waals surface area contributed by atoms with Crippen LogP contribution in [0.25, 0.3) is 0 Å². The number of rotatable bonds is 4. The molecule has 0 radical (unpaired) electrons. The third kappa shape index (κ3) is 4.26. The van der Waals surface area contributed by atoms with E-state index in [-0.39, 0.29) is 42.1 Å². The van der Waals surface area contributed by atoms with E-state index in [4.69, 9.17) is 27.9 Å². The van der Waals surface area contributed by atoms with Gasteiger partial charge in [-0.15, -0.1) is 23.2 Å². The molecule has 1 N–H and O–H groups in total. The van der Waals surface area contributed by atoms with Gasteiger partial charge >= 0.3 is 0 Å². The maximum Gasteiger partial charge on any atom is 0.269 e. The Bertz CT molecular complexity index is 2090. The van der Waals surface area contributed by atoms with Crippen LogP contribution in [0.2, 0.25) is 0 Å². The minimum Gasteiger partial charge on any atom is -0.508 e. The molecule has 3 heterocycles. The number of phenolic OH excluding ortho intramolecular Hbond substituents is 1. The number of imide groups is 2. The lowest BCUT2D eigenvalue weighted by molar-refractivity contribution is -0.384. The number of nitro groups is 1. The topological polar surface area (TPSA) is 147 Å². The summed E-state index contributed by atoms with van der Waals surface area (Å²) < 4.78 is 19.8. The number of phenols is 1. The summed E-state index contributed by atoms with van der Waals surface area (Å²) >= 11 is 14.8. The molecule has 3 aliphatic heterocycles. The highest BCUT2D eigenvalue weighted by atomic mass is 35.5. The Labute approximate surface area is 287 Å². The highest BCUT2D eigenvalue weighted by Gasteiger charge is 2.77. The van der Waals surface area contributed by atoms with Crippen LogP contribution < -0.4 is 14.5 Å². The number of carbonyl (C=O) groups excluding carboxylic acids is 4. The molecule has 14 heteroatoms. The molecule has 0 spiro atoms. The molecule has 0 bridgehead atoms. The van der Waals surface area contributed by atoms with E-state index in [0.717, 1.165) is 21.9 Å². The zero-order chi connectivity index (χ0) is 34.6. The van der Waals surface area contributed by atoms with E-state index in [1.165, 1.54) is 54.8 Å². The molecular formula is C35H24Cl2FN3O8. The number of alkyl halides is 2. The first-order valence-corrected chi connectivity index (χ1v) is 16.1. The number of aromatic hydroxyl groups is 1. The number of hydrogen-bond donors (Lipinski definition) is 1. The van der Waals surface area contributed by atoms with Crippen LogP contribution in [0.1, 0.15) is 18.4 Å². The number of fused-ring (bicyclic) bond motifs is 5. The Hall–Kier alpha value is -5.07. The number of carbonyl (C=O) groups is 4. The molecule has 3 fully saturated rings. The van der Waals surface area contributed by atoms with Crippen molar-refractivity contribution in [3.05, 3.63) is 112 Å². The summed E-state index contributed by atoms with van der Waals surface area (Å²) in [5.74, 6) is -6.68. The molecule has 0 aromatic heterocycles. The number of nitro benzene ring substituents is 1. The van der Waals surface area contributed by atoms with Crippen LogP contribution in [-0.4, -0.2) is 43.4 Å². The van der Waals surface area contributed by atoms with Gasteiger partial charge in [0.1, 0.15) is 17.3 Å². The first kappa shape index (κ1) is 31.2. The van der Waals surface area contributed by atoms with Crippen molar-refractivity contribution in [1.29, 1.82) is 0 Å². The van der Waals surface area contributed by atoms with Crippen LogP contribution in [0.3, 0.4) is 0 Å². The van der Waals surface area contributed by atoms with Crippen LogP contribution in [0.15, 0.2) is 90.2 Å². The van der Waals surface area contributed by atoms with E-state index in [9.17, 15) is 38.8 Å². The molecule has 2 saturated heterocycles. The molecule has 4 amide bonds. The molecule has 11 nitrogen and oxygen atoms in total. The van der Waals surface area contributed by atoms with Gasteiger partial charge < -0.3 is 9.84 Å². The zero-order valence-electron chi connectivity index (χ0n) is 25.2. The van der Waals surface area contributed by atoms with E-state index < -0.39 is 67.8 Å². The Kier molecular flexibility index (Phi) is 6.83. The minimum atomic E-state index is -2.14. The van der Waals surface area contributed by atoms with E-state index in [1.807, 2.05) is 0 Å². The monoisotopic (exact) mass is 703 g/mol. The van der Waals surface area contributed by atoms with Crippen molar-refractivity contribution in [1.82, 2.24) is 0 Å². The minimum absolute atomic E-state index is 0.0203. The lowest BCUT2D eigenvalue weighted by Crippen LogP contribution is -2.61. The molecule has 248 valence electrons. The lowest BCUT2D eigenvalue weighted by atomic mass is 9.56. The highest BCUT2D eigenvalue weighted by Crippen LogP contribution is 2.65. The molecule has 3 aromatic carbocycles. The molecule has 6 atom stereocenters. The number of allylic oxidation sites excluding steroid dienone is 3. The van der Waals surface area contributed by atoms with Gasteiger partial charge in [0.25, 0.3) is 17.5 Å². The molecule has 2 aliphatic carbocycles. The largest absolute Gasteiger partial charge is 0.508 e. The third-order valence-electron chi connectivity index (χ3n) is 10.4. The first-order chi connectivity index (χ1) is 23.3. The van der Waals surface area contributed by atoms with Crippen molar-refractivity contribution in [2.75, 3.05) is 9.80 Å². The summed E-state index contributed by atoms with van der Waals surface area (Å²) in [6.07, 6.45) is 3.19. The Morgan fingerprint density at radius 3 is 2.27 bits per heavy atom. The summed E-state index contributed by atoms with van der Waals surface area (Å²) in [7, 11) is 0. The van der Waals surface area contributed by atoms with Gasteiger partial charge in [-0.2, -0.15) is 0 Å².